The molecule has 0 saturated carbocycles. The Balaban J connectivity index is 1.93. The number of hydrogen-bond acceptors (Lipinski definition) is 11. The molecule has 0 aromatic heterocycles. The summed E-state index contributed by atoms with van der Waals surface area (Å²) in [6.45, 7) is 4.82. The number of ketones is 2. The maximum Gasteiger partial charge on any atom is 0.340 e. The fourth-order valence-electron chi connectivity index (χ4n) is 3.44. The molecule has 2 aromatic rings. The SMILES string of the molecule is C=C1Nc2cc(NC(=O)C(N=Nc3cc(C(=O)OC)ccc3C(=O)OC)C(C)=O)c(OC)cc2CC1=O. The number of nitrogens with one attached hydrogen (secondary N) is 2. The lowest BCUT2D eigenvalue weighted by molar-refractivity contribution is -0.126. The molecule has 0 saturated heterocycles. The largest absolute Gasteiger partial charge is 0.495 e. The van der Waals surface area contributed by atoms with Crippen molar-refractivity contribution in [2.75, 3.05) is 32.0 Å². The number of Topliss-reactive ketones (excluding diaryl/α,β-unsaturated/α-hetero) is 2. The van der Waals surface area contributed by atoms with Crippen LogP contribution in [0.25, 0.3) is 0 Å². The molecule has 1 amide bonds. The van der Waals surface area contributed by atoms with Gasteiger partial charge in [-0.2, -0.15) is 10.2 Å². The Hall–Kier alpha value is -4.87. The molecule has 1 atom stereocenters. The van der Waals surface area contributed by atoms with Crippen LogP contribution in [-0.2, 0) is 30.3 Å². The van der Waals surface area contributed by atoms with E-state index in [1.54, 1.807) is 12.1 Å². The van der Waals surface area contributed by atoms with Crippen molar-refractivity contribution in [1.82, 2.24) is 0 Å². The van der Waals surface area contributed by atoms with Crippen LogP contribution in [0.4, 0.5) is 17.1 Å². The number of methoxy groups -OCH3 is 3. The zero-order valence-electron chi connectivity index (χ0n) is 20.5. The second-order valence-corrected chi connectivity index (χ2v) is 7.85. The molecule has 1 aliphatic rings. The minimum atomic E-state index is -1.60. The highest BCUT2D eigenvalue weighted by molar-refractivity contribution is 6.11. The van der Waals surface area contributed by atoms with Gasteiger partial charge in [0.05, 0.1) is 43.8 Å². The van der Waals surface area contributed by atoms with Gasteiger partial charge in [-0.3, -0.25) is 14.4 Å². The number of rotatable bonds is 8. The lowest BCUT2D eigenvalue weighted by Crippen LogP contribution is -2.32. The van der Waals surface area contributed by atoms with E-state index >= 15 is 0 Å². The molecule has 0 radical (unpaired) electrons. The van der Waals surface area contributed by atoms with E-state index < -0.39 is 29.7 Å². The van der Waals surface area contributed by atoms with Gasteiger partial charge in [0.2, 0.25) is 6.04 Å². The Labute approximate surface area is 211 Å². The van der Waals surface area contributed by atoms with Gasteiger partial charge >= 0.3 is 11.9 Å². The molecule has 3 rings (SSSR count). The van der Waals surface area contributed by atoms with Crippen LogP contribution in [0.5, 0.6) is 5.75 Å². The molecular weight excluding hydrogens is 484 g/mol. The predicted octanol–water partition coefficient (Wildman–Crippen LogP) is 3.00. The summed E-state index contributed by atoms with van der Waals surface area (Å²) in [5.74, 6) is -2.84. The molecule has 2 aromatic carbocycles. The average molecular weight is 508 g/mol. The van der Waals surface area contributed by atoms with Crippen LogP contribution in [0.3, 0.4) is 0 Å². The van der Waals surface area contributed by atoms with Gasteiger partial charge in [-0.05, 0) is 42.8 Å². The summed E-state index contributed by atoms with van der Waals surface area (Å²) < 4.78 is 14.7. The van der Waals surface area contributed by atoms with Gasteiger partial charge in [0.25, 0.3) is 5.91 Å². The standard InChI is InChI=1S/C25H24N4O8/c1-12-20(31)9-15-10-21(35-3)19(11-17(15)26-12)27-23(32)22(13(2)30)29-28-18-8-14(24(33)36-4)6-7-16(18)25(34)37-5/h6-8,10-11,22,26H,1,9H2,2-5H3,(H,27,32). The second kappa shape index (κ2) is 11.2. The van der Waals surface area contributed by atoms with Crippen LogP contribution < -0.4 is 15.4 Å². The monoisotopic (exact) mass is 508 g/mol. The van der Waals surface area contributed by atoms with Gasteiger partial charge < -0.3 is 24.8 Å². The number of azo groups is 1. The number of carbonyl (C=O) groups is 5. The van der Waals surface area contributed by atoms with E-state index in [2.05, 4.69) is 32.2 Å². The van der Waals surface area contributed by atoms with E-state index in [0.717, 1.165) is 14.0 Å². The van der Waals surface area contributed by atoms with Gasteiger partial charge in [0.15, 0.2) is 11.6 Å². The van der Waals surface area contributed by atoms with Gasteiger partial charge in [-0.25, -0.2) is 9.59 Å². The average Bonchev–Trinajstić information content (AvgIpc) is 2.88. The van der Waals surface area contributed by atoms with Crippen LogP contribution in [-0.4, -0.2) is 56.8 Å². The van der Waals surface area contributed by atoms with E-state index in [1.165, 1.54) is 32.4 Å². The Morgan fingerprint density at radius 3 is 2.38 bits per heavy atom. The summed E-state index contributed by atoms with van der Waals surface area (Å²) >= 11 is 0. The number of amides is 1. The number of benzene rings is 2. The third-order valence-corrected chi connectivity index (χ3v) is 5.39. The number of anilines is 2. The van der Waals surface area contributed by atoms with Gasteiger partial charge in [0.1, 0.15) is 11.4 Å². The molecule has 0 aliphatic carbocycles. The van der Waals surface area contributed by atoms with E-state index in [-0.39, 0.29) is 46.2 Å². The number of allylic oxidation sites excluding steroid dienone is 1. The summed E-state index contributed by atoms with van der Waals surface area (Å²) in [4.78, 5) is 61.3. The van der Waals surface area contributed by atoms with Crippen LogP contribution in [0.2, 0.25) is 0 Å². The normalized spacial score (nSPS) is 13.3. The van der Waals surface area contributed by atoms with E-state index in [1.807, 2.05) is 0 Å². The Morgan fingerprint density at radius 2 is 1.76 bits per heavy atom. The highest BCUT2D eigenvalue weighted by atomic mass is 16.5. The van der Waals surface area contributed by atoms with Crippen LogP contribution in [0, 0.1) is 0 Å². The Bertz CT molecular complexity index is 1350. The highest BCUT2D eigenvalue weighted by Gasteiger charge is 2.27. The van der Waals surface area contributed by atoms with Crippen molar-refractivity contribution in [3.63, 3.8) is 0 Å². The smallest absolute Gasteiger partial charge is 0.340 e. The summed E-state index contributed by atoms with van der Waals surface area (Å²) in [6.07, 6.45) is 0.114. The summed E-state index contributed by atoms with van der Waals surface area (Å²) in [5.41, 5.74) is 1.54. The molecule has 1 aliphatic heterocycles. The van der Waals surface area contributed by atoms with Crippen LogP contribution >= 0.6 is 0 Å². The summed E-state index contributed by atoms with van der Waals surface area (Å²) in [5, 5.41) is 13.2. The molecule has 0 bridgehead atoms. The lowest BCUT2D eigenvalue weighted by Gasteiger charge is -2.22. The minimum absolute atomic E-state index is 0.0428. The molecule has 192 valence electrons. The molecule has 2 N–H and O–H groups in total. The van der Waals surface area contributed by atoms with Gasteiger partial charge in [-0.1, -0.05) is 6.58 Å². The van der Waals surface area contributed by atoms with E-state index in [0.29, 0.717) is 11.3 Å². The van der Waals surface area contributed by atoms with Crippen molar-refractivity contribution < 1.29 is 38.2 Å². The molecule has 1 heterocycles. The fourth-order valence-corrected chi connectivity index (χ4v) is 3.44. The van der Waals surface area contributed by atoms with Gasteiger partial charge in [0, 0.05) is 12.1 Å². The summed E-state index contributed by atoms with van der Waals surface area (Å²) in [7, 11) is 3.74. The van der Waals surface area contributed by atoms with Crippen LogP contribution in [0.1, 0.15) is 33.2 Å². The molecular formula is C25H24N4O8. The Morgan fingerprint density at radius 1 is 1.05 bits per heavy atom. The quantitative estimate of drug-likeness (QED) is 0.236. The van der Waals surface area contributed by atoms with Crippen molar-refractivity contribution in [1.29, 1.82) is 0 Å². The minimum Gasteiger partial charge on any atom is -0.495 e. The number of nitrogens with zero attached hydrogens (tertiary/aromatic N) is 2. The van der Waals surface area contributed by atoms with E-state index in [4.69, 9.17) is 9.47 Å². The maximum atomic E-state index is 13.0. The number of fused-ring (bicyclic) bond motifs is 1. The third kappa shape index (κ3) is 5.86. The lowest BCUT2D eigenvalue weighted by atomic mass is 9.99. The highest BCUT2D eigenvalue weighted by Crippen LogP contribution is 2.35. The molecule has 1 unspecified atom stereocenters. The van der Waals surface area contributed by atoms with Crippen molar-refractivity contribution in [3.8, 4) is 5.75 Å². The first kappa shape index (κ1) is 26.7. The molecule has 37 heavy (non-hydrogen) atoms. The number of carbonyl (C=O) groups excluding carboxylic acids is 5. The second-order valence-electron chi connectivity index (χ2n) is 7.85. The molecule has 0 fully saturated rings. The topological polar surface area (TPSA) is 162 Å². The molecule has 12 nitrogen and oxygen atoms in total. The number of hydrogen-bond donors (Lipinski definition) is 2. The Kier molecular flexibility index (Phi) is 8.12. The van der Waals surface area contributed by atoms with Crippen molar-refractivity contribution in [2.45, 2.75) is 19.4 Å². The maximum absolute atomic E-state index is 13.0. The van der Waals surface area contributed by atoms with Crippen LogP contribution in [0.15, 0.2) is 52.8 Å². The van der Waals surface area contributed by atoms with Crippen molar-refractivity contribution >= 4 is 46.5 Å². The van der Waals surface area contributed by atoms with Gasteiger partial charge in [-0.15, -0.1) is 0 Å². The summed E-state index contributed by atoms with van der Waals surface area (Å²) in [6, 6.07) is 5.39. The zero-order valence-corrected chi connectivity index (χ0v) is 20.5. The van der Waals surface area contributed by atoms with Crippen molar-refractivity contribution in [3.05, 3.63) is 59.3 Å². The van der Waals surface area contributed by atoms with E-state index in [9.17, 15) is 24.0 Å². The molecule has 12 heteroatoms. The first-order valence-electron chi connectivity index (χ1n) is 10.8. The van der Waals surface area contributed by atoms with Crippen molar-refractivity contribution in [2.24, 2.45) is 10.2 Å². The number of esters is 2. The number of ether oxygens (including phenoxy) is 3. The first-order chi connectivity index (χ1) is 17.6. The fraction of sp³-hybridized carbons (Fsp3) is 0.240. The predicted molar refractivity (Wildman–Crippen MR) is 131 cm³/mol. The molecule has 0 spiro atoms. The first-order valence-corrected chi connectivity index (χ1v) is 10.8. The zero-order chi connectivity index (χ0) is 27.3. The third-order valence-electron chi connectivity index (χ3n) is 5.39.